The maximum Gasteiger partial charge on any atom is 0.246 e. The summed E-state index contributed by atoms with van der Waals surface area (Å²) in [5, 5.41) is 2.86. The van der Waals surface area contributed by atoms with Gasteiger partial charge in [-0.05, 0) is 13.3 Å². The fourth-order valence-corrected chi connectivity index (χ4v) is 1.85. The van der Waals surface area contributed by atoms with Gasteiger partial charge in [-0.1, -0.05) is 0 Å². The van der Waals surface area contributed by atoms with Crippen molar-refractivity contribution in [2.24, 2.45) is 0 Å². The number of piperazine rings is 1. The van der Waals surface area contributed by atoms with E-state index in [1.165, 1.54) is 4.90 Å². The Balaban J connectivity index is 1.84. The zero-order valence-electron chi connectivity index (χ0n) is 9.80. The average molecular weight is 236 g/mol. The molecule has 92 valence electrons. The van der Waals surface area contributed by atoms with Crippen molar-refractivity contribution in [3.05, 3.63) is 18.7 Å². The van der Waals surface area contributed by atoms with Crippen LogP contribution in [0.5, 0.6) is 0 Å². The van der Waals surface area contributed by atoms with E-state index in [9.17, 15) is 9.59 Å². The smallest absolute Gasteiger partial charge is 0.246 e. The number of carbonyl (C=O) groups excluding carboxylic acids is 2. The van der Waals surface area contributed by atoms with Gasteiger partial charge in [0, 0.05) is 25.5 Å². The normalized spacial score (nSPS) is 21.0. The number of carbonyl (C=O) groups is 2. The highest BCUT2D eigenvalue weighted by atomic mass is 16.2. The van der Waals surface area contributed by atoms with Gasteiger partial charge < -0.3 is 4.57 Å². The molecule has 6 nitrogen and oxygen atoms in total. The summed E-state index contributed by atoms with van der Waals surface area (Å²) in [6, 6.07) is -0.263. The third-order valence-corrected chi connectivity index (χ3v) is 2.85. The molecule has 0 radical (unpaired) electrons. The largest absolute Gasteiger partial charge is 0.337 e. The lowest BCUT2D eigenvalue weighted by atomic mass is 10.2. The fourth-order valence-electron chi connectivity index (χ4n) is 1.85. The summed E-state index contributed by atoms with van der Waals surface area (Å²) in [7, 11) is 0. The van der Waals surface area contributed by atoms with E-state index >= 15 is 0 Å². The van der Waals surface area contributed by atoms with Crippen LogP contribution in [0, 0.1) is 0 Å². The molecule has 1 N–H and O–H groups in total. The van der Waals surface area contributed by atoms with Gasteiger partial charge in [0.2, 0.25) is 11.8 Å². The first-order valence-electron chi connectivity index (χ1n) is 5.72. The van der Waals surface area contributed by atoms with Crippen LogP contribution in [0.4, 0.5) is 0 Å². The molecule has 2 rings (SSSR count). The maximum absolute atomic E-state index is 11.8. The minimum absolute atomic E-state index is 0.133. The van der Waals surface area contributed by atoms with Gasteiger partial charge in [0.05, 0.1) is 18.9 Å². The molecule has 1 aromatic heterocycles. The van der Waals surface area contributed by atoms with Gasteiger partial charge in [-0.3, -0.25) is 19.8 Å². The van der Waals surface area contributed by atoms with Crippen molar-refractivity contribution in [3.8, 4) is 0 Å². The van der Waals surface area contributed by atoms with E-state index in [2.05, 4.69) is 10.3 Å². The highest BCUT2D eigenvalue weighted by molar-refractivity contribution is 6.00. The Morgan fingerprint density at radius 2 is 2.29 bits per heavy atom. The molecule has 1 aliphatic rings. The van der Waals surface area contributed by atoms with Gasteiger partial charge in [0.1, 0.15) is 0 Å². The lowest BCUT2D eigenvalue weighted by molar-refractivity contribution is -0.148. The zero-order valence-corrected chi connectivity index (χ0v) is 9.80. The number of imidazole rings is 1. The molecule has 1 aromatic rings. The third kappa shape index (κ3) is 2.71. The minimum atomic E-state index is -0.263. The molecule has 0 bridgehead atoms. The van der Waals surface area contributed by atoms with Crippen molar-refractivity contribution in [2.75, 3.05) is 13.1 Å². The van der Waals surface area contributed by atoms with Crippen molar-refractivity contribution >= 4 is 11.8 Å². The Labute approximate surface area is 99.6 Å². The topological polar surface area (TPSA) is 67.2 Å². The molecule has 0 aromatic carbocycles. The fraction of sp³-hybridized carbons (Fsp3) is 0.545. The van der Waals surface area contributed by atoms with Crippen LogP contribution in [0.3, 0.4) is 0 Å². The van der Waals surface area contributed by atoms with Crippen LogP contribution < -0.4 is 5.32 Å². The second-order valence-electron chi connectivity index (χ2n) is 4.14. The molecule has 1 unspecified atom stereocenters. The summed E-state index contributed by atoms with van der Waals surface area (Å²) in [6.07, 6.45) is 6.05. The summed E-state index contributed by atoms with van der Waals surface area (Å²) < 4.78 is 1.93. The predicted octanol–water partition coefficient (Wildman–Crippen LogP) is -0.380. The number of rotatable bonds is 4. The van der Waals surface area contributed by atoms with E-state index in [-0.39, 0.29) is 24.4 Å². The van der Waals surface area contributed by atoms with Crippen LogP contribution >= 0.6 is 0 Å². The molecule has 1 aliphatic heterocycles. The number of imide groups is 1. The van der Waals surface area contributed by atoms with Crippen LogP contribution in [0.25, 0.3) is 0 Å². The summed E-state index contributed by atoms with van der Waals surface area (Å²) in [6.45, 7) is 3.26. The molecule has 2 heterocycles. The summed E-state index contributed by atoms with van der Waals surface area (Å²) >= 11 is 0. The zero-order chi connectivity index (χ0) is 12.3. The Kier molecular flexibility index (Phi) is 3.53. The van der Waals surface area contributed by atoms with Crippen LogP contribution in [0.15, 0.2) is 18.7 Å². The molecule has 0 aliphatic carbocycles. The molecule has 1 fully saturated rings. The lowest BCUT2D eigenvalue weighted by Crippen LogP contribution is -2.57. The molecular weight excluding hydrogens is 220 g/mol. The first-order chi connectivity index (χ1) is 8.18. The quantitative estimate of drug-likeness (QED) is 0.724. The highest BCUT2D eigenvalue weighted by Gasteiger charge is 2.30. The van der Waals surface area contributed by atoms with Crippen LogP contribution in [0.1, 0.15) is 13.3 Å². The molecule has 6 heteroatoms. The van der Waals surface area contributed by atoms with Crippen molar-refractivity contribution in [1.82, 2.24) is 19.8 Å². The van der Waals surface area contributed by atoms with Gasteiger partial charge in [0.15, 0.2) is 0 Å². The highest BCUT2D eigenvalue weighted by Crippen LogP contribution is 2.04. The van der Waals surface area contributed by atoms with Gasteiger partial charge in [-0.2, -0.15) is 0 Å². The lowest BCUT2D eigenvalue weighted by Gasteiger charge is -2.29. The van der Waals surface area contributed by atoms with Crippen LogP contribution in [-0.4, -0.2) is 45.4 Å². The van der Waals surface area contributed by atoms with E-state index in [0.29, 0.717) is 6.54 Å². The van der Waals surface area contributed by atoms with Crippen LogP contribution in [0.2, 0.25) is 0 Å². The van der Waals surface area contributed by atoms with Crippen molar-refractivity contribution < 1.29 is 9.59 Å². The molecular formula is C11H16N4O2. The molecule has 1 saturated heterocycles. The van der Waals surface area contributed by atoms with E-state index < -0.39 is 0 Å². The summed E-state index contributed by atoms with van der Waals surface area (Å²) in [5.41, 5.74) is 0. The number of amides is 2. The number of hydrogen-bond donors (Lipinski definition) is 1. The summed E-state index contributed by atoms with van der Waals surface area (Å²) in [5.74, 6) is -0.273. The molecule has 0 spiro atoms. The van der Waals surface area contributed by atoms with Gasteiger partial charge in [0.25, 0.3) is 0 Å². The molecule has 17 heavy (non-hydrogen) atoms. The van der Waals surface area contributed by atoms with E-state index in [4.69, 9.17) is 0 Å². The SMILES string of the molecule is CC1NCC(=O)N(CCCn2ccnc2)C1=O. The number of aryl methyl sites for hydroxylation is 1. The Bertz CT molecular complexity index is 402. The predicted molar refractivity (Wildman–Crippen MR) is 61.0 cm³/mol. The molecule has 2 amide bonds. The van der Waals surface area contributed by atoms with Gasteiger partial charge in [-0.15, -0.1) is 0 Å². The standard InChI is InChI=1S/C11H16N4O2/c1-9-11(17)15(10(16)7-13-9)5-2-4-14-6-3-12-8-14/h3,6,8-9,13H,2,4-5,7H2,1H3. The van der Waals surface area contributed by atoms with Crippen LogP contribution in [-0.2, 0) is 16.1 Å². The molecule has 0 saturated carbocycles. The average Bonchev–Trinajstić information content (AvgIpc) is 2.81. The molecule has 1 atom stereocenters. The second kappa shape index (κ2) is 5.09. The Hall–Kier alpha value is -1.69. The monoisotopic (exact) mass is 236 g/mol. The van der Waals surface area contributed by atoms with E-state index in [1.807, 2.05) is 10.8 Å². The number of aromatic nitrogens is 2. The van der Waals surface area contributed by atoms with Crippen molar-refractivity contribution in [2.45, 2.75) is 25.9 Å². The minimum Gasteiger partial charge on any atom is -0.337 e. The number of nitrogens with zero attached hydrogens (tertiary/aromatic N) is 3. The number of hydrogen-bond acceptors (Lipinski definition) is 4. The first-order valence-corrected chi connectivity index (χ1v) is 5.72. The van der Waals surface area contributed by atoms with E-state index in [1.54, 1.807) is 19.4 Å². The van der Waals surface area contributed by atoms with Crippen molar-refractivity contribution in [1.29, 1.82) is 0 Å². The number of nitrogens with one attached hydrogen (secondary N) is 1. The van der Waals surface area contributed by atoms with Crippen molar-refractivity contribution in [3.63, 3.8) is 0 Å². The Morgan fingerprint density at radius 3 is 3.00 bits per heavy atom. The van der Waals surface area contributed by atoms with Gasteiger partial charge in [-0.25, -0.2) is 4.98 Å². The van der Waals surface area contributed by atoms with Gasteiger partial charge >= 0.3 is 0 Å². The maximum atomic E-state index is 11.8. The third-order valence-electron chi connectivity index (χ3n) is 2.85. The first kappa shape index (κ1) is 11.8. The Morgan fingerprint density at radius 1 is 1.47 bits per heavy atom. The van der Waals surface area contributed by atoms with E-state index in [0.717, 1.165) is 13.0 Å². The second-order valence-corrected chi connectivity index (χ2v) is 4.14. The summed E-state index contributed by atoms with van der Waals surface area (Å²) in [4.78, 5) is 28.6.